The molecule has 0 spiro atoms. The third kappa shape index (κ3) is 4.24. The van der Waals surface area contributed by atoms with E-state index in [0.717, 1.165) is 17.4 Å². The van der Waals surface area contributed by atoms with Crippen molar-refractivity contribution in [3.8, 4) is 0 Å². The topological polar surface area (TPSA) is 32.3 Å². The zero-order valence-electron chi connectivity index (χ0n) is 10.2. The van der Waals surface area contributed by atoms with Crippen molar-refractivity contribution >= 4 is 15.9 Å². The molecule has 0 fully saturated rings. The van der Waals surface area contributed by atoms with Gasteiger partial charge in [-0.05, 0) is 37.5 Å². The van der Waals surface area contributed by atoms with Gasteiger partial charge in [-0.15, -0.1) is 0 Å². The number of benzene rings is 1. The van der Waals surface area contributed by atoms with E-state index in [1.165, 1.54) is 11.1 Å². The lowest BCUT2D eigenvalue weighted by Crippen LogP contribution is -2.36. The molecule has 0 saturated carbocycles. The molecule has 0 heterocycles. The van der Waals surface area contributed by atoms with Crippen molar-refractivity contribution in [3.63, 3.8) is 0 Å². The van der Waals surface area contributed by atoms with Crippen LogP contribution in [0.3, 0.4) is 0 Å². The van der Waals surface area contributed by atoms with Crippen LogP contribution in [0.25, 0.3) is 0 Å². The van der Waals surface area contributed by atoms with Gasteiger partial charge in [0.2, 0.25) is 0 Å². The van der Waals surface area contributed by atoms with Crippen LogP contribution >= 0.6 is 15.9 Å². The van der Waals surface area contributed by atoms with Crippen LogP contribution < -0.4 is 5.32 Å². The van der Waals surface area contributed by atoms with Crippen LogP contribution in [0.1, 0.15) is 31.4 Å². The first kappa shape index (κ1) is 13.7. The molecule has 3 heteroatoms. The average molecular weight is 286 g/mol. The monoisotopic (exact) mass is 285 g/mol. The Labute approximate surface area is 106 Å². The molecule has 0 saturated heterocycles. The highest BCUT2D eigenvalue weighted by atomic mass is 79.9. The standard InChI is InChI=1S/C13H20BrNO/c1-4-13(3,16)9-15-8-11-6-5-10(2)12(14)7-11/h5-7,15-16H,4,8-9H2,1-3H3. The summed E-state index contributed by atoms with van der Waals surface area (Å²) in [5.41, 5.74) is 1.86. The molecule has 1 rings (SSSR count). The summed E-state index contributed by atoms with van der Waals surface area (Å²) in [6, 6.07) is 6.32. The average Bonchev–Trinajstić information content (AvgIpc) is 2.23. The van der Waals surface area contributed by atoms with Gasteiger partial charge < -0.3 is 10.4 Å². The highest BCUT2D eigenvalue weighted by Gasteiger charge is 2.16. The Hall–Kier alpha value is -0.380. The predicted molar refractivity (Wildman–Crippen MR) is 71.5 cm³/mol. The van der Waals surface area contributed by atoms with Gasteiger partial charge in [-0.3, -0.25) is 0 Å². The Morgan fingerprint density at radius 2 is 2.12 bits per heavy atom. The van der Waals surface area contributed by atoms with Gasteiger partial charge in [-0.2, -0.15) is 0 Å². The van der Waals surface area contributed by atoms with Gasteiger partial charge in [0.25, 0.3) is 0 Å². The largest absolute Gasteiger partial charge is 0.389 e. The molecule has 1 aromatic carbocycles. The van der Waals surface area contributed by atoms with Gasteiger partial charge in [-0.1, -0.05) is 35.0 Å². The molecule has 16 heavy (non-hydrogen) atoms. The van der Waals surface area contributed by atoms with Gasteiger partial charge in [0.1, 0.15) is 0 Å². The van der Waals surface area contributed by atoms with E-state index < -0.39 is 5.60 Å². The van der Waals surface area contributed by atoms with Crippen LogP contribution in [-0.4, -0.2) is 17.3 Å². The summed E-state index contributed by atoms with van der Waals surface area (Å²) in [4.78, 5) is 0. The van der Waals surface area contributed by atoms with E-state index in [1.807, 2.05) is 13.8 Å². The van der Waals surface area contributed by atoms with Gasteiger partial charge in [-0.25, -0.2) is 0 Å². The lowest BCUT2D eigenvalue weighted by molar-refractivity contribution is 0.0555. The van der Waals surface area contributed by atoms with Crippen molar-refractivity contribution in [1.29, 1.82) is 0 Å². The predicted octanol–water partition coefficient (Wildman–Crippen LogP) is 3.01. The Kier molecular flexibility index (Phi) is 4.96. The molecular formula is C13H20BrNO. The van der Waals surface area contributed by atoms with E-state index in [0.29, 0.717) is 6.54 Å². The van der Waals surface area contributed by atoms with Crippen molar-refractivity contribution in [2.24, 2.45) is 0 Å². The van der Waals surface area contributed by atoms with Crippen molar-refractivity contribution in [2.75, 3.05) is 6.54 Å². The number of aliphatic hydroxyl groups is 1. The third-order valence-electron chi connectivity index (χ3n) is 2.83. The molecule has 0 amide bonds. The summed E-state index contributed by atoms with van der Waals surface area (Å²) >= 11 is 3.51. The van der Waals surface area contributed by atoms with Gasteiger partial charge >= 0.3 is 0 Å². The van der Waals surface area contributed by atoms with Crippen LogP contribution in [0.2, 0.25) is 0 Å². The third-order valence-corrected chi connectivity index (χ3v) is 3.69. The Morgan fingerprint density at radius 3 is 2.69 bits per heavy atom. The number of hydrogen-bond donors (Lipinski definition) is 2. The van der Waals surface area contributed by atoms with E-state index in [1.54, 1.807) is 0 Å². The fourth-order valence-corrected chi connectivity index (χ4v) is 1.77. The summed E-state index contributed by atoms with van der Waals surface area (Å²) in [6.07, 6.45) is 0.762. The Balaban J connectivity index is 2.46. The molecule has 1 aromatic rings. The first-order valence-electron chi connectivity index (χ1n) is 5.63. The van der Waals surface area contributed by atoms with Crippen LogP contribution in [0.4, 0.5) is 0 Å². The van der Waals surface area contributed by atoms with Crippen molar-refractivity contribution in [2.45, 2.75) is 39.3 Å². The second-order valence-corrected chi connectivity index (χ2v) is 5.39. The van der Waals surface area contributed by atoms with Gasteiger partial charge in [0, 0.05) is 17.6 Å². The number of aryl methyl sites for hydroxylation is 1. The minimum Gasteiger partial charge on any atom is -0.389 e. The number of hydrogen-bond acceptors (Lipinski definition) is 2. The van der Waals surface area contributed by atoms with Crippen LogP contribution in [0.15, 0.2) is 22.7 Å². The van der Waals surface area contributed by atoms with Crippen molar-refractivity contribution in [1.82, 2.24) is 5.32 Å². The molecule has 2 N–H and O–H groups in total. The maximum absolute atomic E-state index is 9.83. The summed E-state index contributed by atoms with van der Waals surface area (Å²) in [5, 5.41) is 13.1. The van der Waals surface area contributed by atoms with E-state index in [9.17, 15) is 5.11 Å². The Morgan fingerprint density at radius 1 is 1.44 bits per heavy atom. The maximum atomic E-state index is 9.83. The molecular weight excluding hydrogens is 266 g/mol. The molecule has 0 aliphatic heterocycles. The highest BCUT2D eigenvalue weighted by molar-refractivity contribution is 9.10. The number of halogens is 1. The first-order chi connectivity index (χ1) is 7.44. The molecule has 2 nitrogen and oxygen atoms in total. The second kappa shape index (κ2) is 5.80. The first-order valence-corrected chi connectivity index (χ1v) is 6.42. The van der Waals surface area contributed by atoms with Gasteiger partial charge in [0.05, 0.1) is 5.60 Å². The summed E-state index contributed by atoms with van der Waals surface area (Å²) in [7, 11) is 0. The Bertz CT molecular complexity index is 350. The molecule has 0 aliphatic rings. The van der Waals surface area contributed by atoms with Crippen molar-refractivity contribution in [3.05, 3.63) is 33.8 Å². The lowest BCUT2D eigenvalue weighted by atomic mass is 10.0. The van der Waals surface area contributed by atoms with Crippen LogP contribution in [0.5, 0.6) is 0 Å². The molecule has 1 atom stereocenters. The fourth-order valence-electron chi connectivity index (χ4n) is 1.35. The molecule has 0 aromatic heterocycles. The smallest absolute Gasteiger partial charge is 0.0741 e. The molecule has 0 radical (unpaired) electrons. The molecule has 0 aliphatic carbocycles. The second-order valence-electron chi connectivity index (χ2n) is 4.54. The number of nitrogens with one attached hydrogen (secondary N) is 1. The normalized spacial score (nSPS) is 14.8. The molecule has 1 unspecified atom stereocenters. The van der Waals surface area contributed by atoms with Crippen molar-refractivity contribution < 1.29 is 5.11 Å². The lowest BCUT2D eigenvalue weighted by Gasteiger charge is -2.21. The van der Waals surface area contributed by atoms with E-state index in [-0.39, 0.29) is 0 Å². The molecule has 0 bridgehead atoms. The quantitative estimate of drug-likeness (QED) is 0.872. The van der Waals surface area contributed by atoms with E-state index in [4.69, 9.17) is 0 Å². The van der Waals surface area contributed by atoms with Crippen LogP contribution in [0, 0.1) is 6.92 Å². The maximum Gasteiger partial charge on any atom is 0.0741 e. The summed E-state index contributed by atoms with van der Waals surface area (Å²) in [5.74, 6) is 0. The zero-order chi connectivity index (χ0) is 12.2. The van der Waals surface area contributed by atoms with E-state index >= 15 is 0 Å². The fraction of sp³-hybridized carbons (Fsp3) is 0.538. The van der Waals surface area contributed by atoms with Gasteiger partial charge in [0.15, 0.2) is 0 Å². The zero-order valence-corrected chi connectivity index (χ0v) is 11.8. The minimum atomic E-state index is -0.609. The molecule has 90 valence electrons. The van der Waals surface area contributed by atoms with E-state index in [2.05, 4.69) is 46.4 Å². The summed E-state index contributed by atoms with van der Waals surface area (Å²) in [6.45, 7) is 7.32. The minimum absolute atomic E-state index is 0.609. The van der Waals surface area contributed by atoms with Crippen LogP contribution in [-0.2, 0) is 6.54 Å². The highest BCUT2D eigenvalue weighted by Crippen LogP contribution is 2.17. The summed E-state index contributed by atoms with van der Waals surface area (Å²) < 4.78 is 1.13. The SMILES string of the molecule is CCC(C)(O)CNCc1ccc(C)c(Br)c1. The number of rotatable bonds is 5.